The molecule has 1 fully saturated rings. The molecule has 0 aromatic carbocycles. The summed E-state index contributed by atoms with van der Waals surface area (Å²) in [4.78, 5) is 28.0. The van der Waals surface area contributed by atoms with Crippen LogP contribution in [0.15, 0.2) is 9.98 Å². The number of aliphatic hydroxyl groups is 5. The fourth-order valence-electron chi connectivity index (χ4n) is 3.80. The van der Waals surface area contributed by atoms with E-state index >= 15 is 0 Å². The van der Waals surface area contributed by atoms with Crippen molar-refractivity contribution < 1.29 is 35.1 Å². The van der Waals surface area contributed by atoms with E-state index in [1.54, 1.807) is 12.2 Å². The Balaban J connectivity index is 0. The third-order valence-corrected chi connectivity index (χ3v) is 5.51. The van der Waals surface area contributed by atoms with Crippen molar-refractivity contribution in [3.8, 4) is 0 Å². The normalized spacial score (nSPS) is 21.9. The Morgan fingerprint density at radius 1 is 0.903 bits per heavy atom. The Kier molecular flexibility index (Phi) is 17.6. The van der Waals surface area contributed by atoms with Gasteiger partial charge in [-0.3, -0.25) is 0 Å². The second-order valence-corrected chi connectivity index (χ2v) is 9.32. The molecule has 2 atom stereocenters. The monoisotopic (exact) mass is 446 g/mol. The van der Waals surface area contributed by atoms with Crippen molar-refractivity contribution in [2.24, 2.45) is 26.2 Å². The minimum Gasteiger partial charge on any atom is -0.396 e. The summed E-state index contributed by atoms with van der Waals surface area (Å²) >= 11 is 0. The first-order valence-electron chi connectivity index (χ1n) is 10.7. The summed E-state index contributed by atoms with van der Waals surface area (Å²) in [5.41, 5.74) is -0.611. The van der Waals surface area contributed by atoms with Gasteiger partial charge in [-0.1, -0.05) is 27.7 Å². The largest absolute Gasteiger partial charge is 0.396 e. The van der Waals surface area contributed by atoms with Crippen molar-refractivity contribution in [3.05, 3.63) is 0 Å². The van der Waals surface area contributed by atoms with Crippen LogP contribution in [0.3, 0.4) is 0 Å². The van der Waals surface area contributed by atoms with E-state index < -0.39 is 5.41 Å². The maximum Gasteiger partial charge on any atom is 0.235 e. The molecule has 0 aromatic rings. The van der Waals surface area contributed by atoms with E-state index in [1.807, 2.05) is 6.92 Å². The van der Waals surface area contributed by atoms with Crippen molar-refractivity contribution >= 4 is 12.2 Å². The molecule has 9 nitrogen and oxygen atoms in total. The van der Waals surface area contributed by atoms with E-state index in [-0.39, 0.29) is 49.9 Å². The van der Waals surface area contributed by atoms with E-state index in [9.17, 15) is 9.59 Å². The average Bonchev–Trinajstić information content (AvgIpc) is 2.73. The number of isocyanates is 2. The molecule has 0 spiro atoms. The van der Waals surface area contributed by atoms with Crippen LogP contribution in [0.25, 0.3) is 0 Å². The number of unbranched alkanes of at least 4 members (excludes halogenated alkanes) is 1. The highest BCUT2D eigenvalue weighted by Crippen LogP contribution is 2.47. The van der Waals surface area contributed by atoms with Gasteiger partial charge in [-0.15, -0.1) is 0 Å². The Hall–Kier alpha value is -1.44. The maximum atomic E-state index is 10.3. The lowest BCUT2D eigenvalue weighted by Crippen LogP contribution is -2.39. The molecular formula is C22H42N2O7. The number of carbonyl (C=O) groups excluding carboxylic acids is 2. The third-order valence-electron chi connectivity index (χ3n) is 5.51. The summed E-state index contributed by atoms with van der Waals surface area (Å²) in [5.74, 6) is 0. The standard InChI is InChI=1S/C12H18N2O2.C6H14O3.C4H10O2/c1-11(2)4-10(14-9-16)5-12(3,6-11)7-13-8-15;1-2-6(3-7,4-8)5-9;5-3-1-2-4-6/h10H,4-7H2,1-3H3;7-9H,2-5H2,1H3;5-6H,1-4H2. The van der Waals surface area contributed by atoms with Crippen molar-refractivity contribution in [1.29, 1.82) is 0 Å². The number of aliphatic imine (C=N–C) groups is 2. The molecule has 0 bridgehead atoms. The quantitative estimate of drug-likeness (QED) is 0.192. The predicted octanol–water partition coefficient (Wildman–Crippen LogP) is 1.35. The molecule has 0 radical (unpaired) electrons. The lowest BCUT2D eigenvalue weighted by atomic mass is 9.63. The van der Waals surface area contributed by atoms with Crippen molar-refractivity contribution in [2.45, 2.75) is 72.3 Å². The minimum atomic E-state index is -0.667. The van der Waals surface area contributed by atoms with Crippen LogP contribution in [-0.2, 0) is 9.59 Å². The minimum absolute atomic E-state index is 0.00750. The van der Waals surface area contributed by atoms with Crippen molar-refractivity contribution in [2.75, 3.05) is 39.6 Å². The zero-order valence-electron chi connectivity index (χ0n) is 19.5. The molecule has 0 aliphatic heterocycles. The van der Waals surface area contributed by atoms with E-state index in [4.69, 9.17) is 25.5 Å². The van der Waals surface area contributed by atoms with E-state index in [2.05, 4.69) is 30.8 Å². The zero-order valence-corrected chi connectivity index (χ0v) is 19.5. The molecule has 0 heterocycles. The molecule has 1 aliphatic carbocycles. The maximum absolute atomic E-state index is 10.3. The second kappa shape index (κ2) is 17.2. The summed E-state index contributed by atoms with van der Waals surface area (Å²) in [5, 5.41) is 42.1. The molecule has 1 rings (SSSR count). The molecule has 1 aliphatic rings. The van der Waals surface area contributed by atoms with Crippen LogP contribution in [0.5, 0.6) is 0 Å². The average molecular weight is 447 g/mol. The van der Waals surface area contributed by atoms with E-state index in [0.717, 1.165) is 32.1 Å². The van der Waals surface area contributed by atoms with Gasteiger partial charge in [-0.05, 0) is 49.4 Å². The highest BCUT2D eigenvalue weighted by atomic mass is 16.3. The predicted molar refractivity (Wildman–Crippen MR) is 118 cm³/mol. The van der Waals surface area contributed by atoms with E-state index in [1.165, 1.54) is 0 Å². The molecule has 5 N–H and O–H groups in total. The first kappa shape index (κ1) is 31.7. The molecule has 1 saturated carbocycles. The first-order valence-corrected chi connectivity index (χ1v) is 10.7. The Morgan fingerprint density at radius 3 is 1.74 bits per heavy atom. The molecular weight excluding hydrogens is 404 g/mol. The summed E-state index contributed by atoms with van der Waals surface area (Å²) in [6, 6.07) is 0.00750. The first-order chi connectivity index (χ1) is 14.6. The number of aliphatic hydroxyl groups excluding tert-OH is 5. The Bertz CT molecular complexity index is 533. The smallest absolute Gasteiger partial charge is 0.235 e. The summed E-state index contributed by atoms with van der Waals surface area (Å²) in [6.07, 6.45) is 7.91. The number of hydrogen-bond donors (Lipinski definition) is 5. The van der Waals surface area contributed by atoms with E-state index in [0.29, 0.717) is 13.0 Å². The van der Waals surface area contributed by atoms with Crippen LogP contribution < -0.4 is 0 Å². The summed E-state index contributed by atoms with van der Waals surface area (Å²) in [6.45, 7) is 8.60. The fraction of sp³-hybridized carbons (Fsp3) is 0.909. The number of hydrogen-bond acceptors (Lipinski definition) is 9. The van der Waals surface area contributed by atoms with Gasteiger partial charge in [0.25, 0.3) is 0 Å². The summed E-state index contributed by atoms with van der Waals surface area (Å²) < 4.78 is 0. The molecule has 0 aromatic heterocycles. The van der Waals surface area contributed by atoms with Crippen molar-refractivity contribution in [1.82, 2.24) is 0 Å². The number of rotatable bonds is 10. The topological polar surface area (TPSA) is 160 Å². The van der Waals surface area contributed by atoms with Gasteiger partial charge in [0.05, 0.1) is 32.4 Å². The SMILES string of the molecule is CC1(C)CC(N=C=O)CC(C)(CN=C=O)C1.CCC(CO)(CO)CO.OCCCCO. The molecule has 9 heteroatoms. The Morgan fingerprint density at radius 2 is 1.42 bits per heavy atom. The highest BCUT2D eigenvalue weighted by molar-refractivity contribution is 5.34. The molecule has 182 valence electrons. The molecule has 2 unspecified atom stereocenters. The van der Waals surface area contributed by atoms with Gasteiger partial charge in [0.15, 0.2) is 0 Å². The zero-order chi connectivity index (χ0) is 24.4. The Labute approximate surface area is 185 Å². The van der Waals surface area contributed by atoms with Gasteiger partial charge in [0, 0.05) is 18.6 Å². The lowest BCUT2D eigenvalue weighted by molar-refractivity contribution is 0.00304. The van der Waals surface area contributed by atoms with Gasteiger partial charge in [0.1, 0.15) is 0 Å². The van der Waals surface area contributed by atoms with Gasteiger partial charge in [-0.2, -0.15) is 0 Å². The highest BCUT2D eigenvalue weighted by Gasteiger charge is 2.41. The van der Waals surface area contributed by atoms with Gasteiger partial charge < -0.3 is 25.5 Å². The van der Waals surface area contributed by atoms with Crippen LogP contribution in [0.4, 0.5) is 0 Å². The molecule has 0 saturated heterocycles. The van der Waals surface area contributed by atoms with Gasteiger partial charge in [0.2, 0.25) is 12.2 Å². The fourth-order valence-corrected chi connectivity index (χ4v) is 3.80. The molecule has 0 amide bonds. The van der Waals surface area contributed by atoms with Gasteiger partial charge in [-0.25, -0.2) is 19.6 Å². The van der Waals surface area contributed by atoms with Gasteiger partial charge >= 0.3 is 0 Å². The lowest BCUT2D eigenvalue weighted by Gasteiger charge is -2.44. The third kappa shape index (κ3) is 14.3. The van der Waals surface area contributed by atoms with Crippen LogP contribution >= 0.6 is 0 Å². The number of nitrogens with zero attached hydrogens (tertiary/aromatic N) is 2. The second-order valence-electron chi connectivity index (χ2n) is 9.32. The van der Waals surface area contributed by atoms with Crippen LogP contribution in [0.1, 0.15) is 66.2 Å². The van der Waals surface area contributed by atoms with Crippen LogP contribution in [0.2, 0.25) is 0 Å². The van der Waals surface area contributed by atoms with Crippen LogP contribution in [-0.4, -0.2) is 83.3 Å². The summed E-state index contributed by atoms with van der Waals surface area (Å²) in [7, 11) is 0. The van der Waals surface area contributed by atoms with Crippen LogP contribution in [0, 0.1) is 16.2 Å². The molecule has 31 heavy (non-hydrogen) atoms. The van der Waals surface area contributed by atoms with Crippen molar-refractivity contribution in [3.63, 3.8) is 0 Å².